The maximum absolute atomic E-state index is 12.7. The summed E-state index contributed by atoms with van der Waals surface area (Å²) in [5.41, 5.74) is 0.967. The average Bonchev–Trinajstić information content (AvgIpc) is 2.73. The first-order valence-corrected chi connectivity index (χ1v) is 10.3. The van der Waals surface area contributed by atoms with Crippen LogP contribution in [0.2, 0.25) is 0 Å². The molecule has 0 aliphatic carbocycles. The van der Waals surface area contributed by atoms with E-state index in [2.05, 4.69) is 42.5 Å². The highest BCUT2D eigenvalue weighted by molar-refractivity contribution is 9.10. The Morgan fingerprint density at radius 3 is 1.77 bits per heavy atom. The summed E-state index contributed by atoms with van der Waals surface area (Å²) in [4.78, 5) is 36.1. The number of carbonyl (C=O) groups is 2. The lowest BCUT2D eigenvalue weighted by Gasteiger charge is -2.21. The van der Waals surface area contributed by atoms with Crippen molar-refractivity contribution in [2.24, 2.45) is 0 Å². The number of benzene rings is 3. The van der Waals surface area contributed by atoms with E-state index in [0.29, 0.717) is 16.7 Å². The number of amides is 2. The molecule has 2 N–H and O–H groups in total. The monoisotopic (exact) mass is 531 g/mol. The van der Waals surface area contributed by atoms with Gasteiger partial charge in [-0.1, -0.05) is 56.1 Å². The number of nitro groups is 1. The molecule has 7 nitrogen and oxygen atoms in total. The quantitative estimate of drug-likeness (QED) is 0.265. The van der Waals surface area contributed by atoms with Gasteiger partial charge in [0, 0.05) is 37.8 Å². The zero-order valence-electron chi connectivity index (χ0n) is 15.3. The molecule has 0 spiro atoms. The topological polar surface area (TPSA) is 101 Å². The second-order valence-corrected chi connectivity index (χ2v) is 8.08. The highest BCUT2D eigenvalue weighted by Gasteiger charge is 2.21. The molecule has 0 saturated carbocycles. The van der Waals surface area contributed by atoms with Crippen molar-refractivity contribution >= 4 is 49.4 Å². The summed E-state index contributed by atoms with van der Waals surface area (Å²) in [5, 5.41) is 16.6. The Hall–Kier alpha value is -3.04. The summed E-state index contributed by atoms with van der Waals surface area (Å²) in [6.07, 6.45) is -0.983. The van der Waals surface area contributed by atoms with Crippen molar-refractivity contribution in [3.63, 3.8) is 0 Å². The van der Waals surface area contributed by atoms with Gasteiger partial charge in [0.15, 0.2) is 0 Å². The molecular weight excluding hydrogens is 518 g/mol. The molecule has 3 aromatic carbocycles. The SMILES string of the molecule is O=C(NC(NC(=O)c1cccc(Br)c1)c1cccc([N+](=O)[O-])c1)c1cccc(Br)c1. The molecule has 152 valence electrons. The minimum Gasteiger partial charge on any atom is -0.328 e. The van der Waals surface area contributed by atoms with Crippen molar-refractivity contribution < 1.29 is 14.5 Å². The summed E-state index contributed by atoms with van der Waals surface area (Å²) < 4.78 is 1.44. The highest BCUT2D eigenvalue weighted by atomic mass is 79.9. The van der Waals surface area contributed by atoms with Gasteiger partial charge in [-0.15, -0.1) is 0 Å². The van der Waals surface area contributed by atoms with Crippen LogP contribution in [0.4, 0.5) is 5.69 Å². The third-order valence-corrected chi connectivity index (χ3v) is 5.13. The molecule has 0 fully saturated rings. The molecule has 0 radical (unpaired) electrons. The van der Waals surface area contributed by atoms with E-state index < -0.39 is 22.9 Å². The van der Waals surface area contributed by atoms with Gasteiger partial charge in [0.1, 0.15) is 6.17 Å². The summed E-state index contributed by atoms with van der Waals surface area (Å²) >= 11 is 6.63. The molecule has 0 aromatic heterocycles. The summed E-state index contributed by atoms with van der Waals surface area (Å²) in [6, 6.07) is 19.3. The maximum Gasteiger partial charge on any atom is 0.269 e. The summed E-state index contributed by atoms with van der Waals surface area (Å²) in [7, 11) is 0. The summed E-state index contributed by atoms with van der Waals surface area (Å²) in [5.74, 6) is -0.885. The van der Waals surface area contributed by atoms with Crippen molar-refractivity contribution in [3.05, 3.63) is 109 Å². The molecule has 0 unspecified atom stereocenters. The standard InChI is InChI=1S/C21H15Br2N3O4/c22-16-7-1-5-14(10-16)20(27)24-19(13-4-3-9-18(12-13)26(29)30)25-21(28)15-6-2-8-17(23)11-15/h1-12,19H,(H,24,27)(H,25,28). The van der Waals surface area contributed by atoms with Crippen LogP contribution in [-0.2, 0) is 0 Å². The molecule has 0 saturated heterocycles. The van der Waals surface area contributed by atoms with Crippen LogP contribution in [0.5, 0.6) is 0 Å². The number of nitrogens with zero attached hydrogens (tertiary/aromatic N) is 1. The third kappa shape index (κ3) is 5.52. The van der Waals surface area contributed by atoms with Gasteiger partial charge in [0.25, 0.3) is 17.5 Å². The Bertz CT molecular complexity index is 1060. The zero-order valence-corrected chi connectivity index (χ0v) is 18.5. The fraction of sp³-hybridized carbons (Fsp3) is 0.0476. The molecule has 2 amide bonds. The van der Waals surface area contributed by atoms with Gasteiger partial charge in [0.05, 0.1) is 4.92 Å². The van der Waals surface area contributed by atoms with E-state index in [-0.39, 0.29) is 5.69 Å². The number of nitro benzene ring substituents is 1. The number of hydrogen-bond donors (Lipinski definition) is 2. The molecule has 0 heterocycles. The van der Waals surface area contributed by atoms with Gasteiger partial charge in [0.2, 0.25) is 0 Å². The smallest absolute Gasteiger partial charge is 0.269 e. The largest absolute Gasteiger partial charge is 0.328 e. The second-order valence-electron chi connectivity index (χ2n) is 6.25. The number of hydrogen-bond acceptors (Lipinski definition) is 4. The minimum atomic E-state index is -0.983. The van der Waals surface area contributed by atoms with E-state index in [1.54, 1.807) is 54.6 Å². The van der Waals surface area contributed by atoms with Gasteiger partial charge < -0.3 is 10.6 Å². The fourth-order valence-electron chi connectivity index (χ4n) is 2.71. The highest BCUT2D eigenvalue weighted by Crippen LogP contribution is 2.20. The molecule has 0 atom stereocenters. The first-order valence-electron chi connectivity index (χ1n) is 8.71. The number of carbonyl (C=O) groups excluding carboxylic acids is 2. The van der Waals surface area contributed by atoms with Crippen molar-refractivity contribution in [2.75, 3.05) is 0 Å². The van der Waals surface area contributed by atoms with Crippen LogP contribution in [0.1, 0.15) is 32.4 Å². The summed E-state index contributed by atoms with van der Waals surface area (Å²) in [6.45, 7) is 0. The molecule has 30 heavy (non-hydrogen) atoms. The number of rotatable bonds is 6. The first kappa shape index (κ1) is 21.7. The zero-order chi connectivity index (χ0) is 21.7. The van der Waals surface area contributed by atoms with E-state index in [1.807, 2.05) is 0 Å². The van der Waals surface area contributed by atoms with Crippen LogP contribution in [0.25, 0.3) is 0 Å². The van der Waals surface area contributed by atoms with Crippen LogP contribution < -0.4 is 10.6 Å². The molecule has 3 rings (SSSR count). The number of non-ortho nitro benzene ring substituents is 1. The van der Waals surface area contributed by atoms with E-state index in [4.69, 9.17) is 0 Å². The van der Waals surface area contributed by atoms with Crippen LogP contribution in [0.15, 0.2) is 81.7 Å². The van der Waals surface area contributed by atoms with E-state index in [9.17, 15) is 19.7 Å². The lowest BCUT2D eigenvalue weighted by Crippen LogP contribution is -2.41. The van der Waals surface area contributed by atoms with E-state index >= 15 is 0 Å². The Balaban J connectivity index is 1.91. The van der Waals surface area contributed by atoms with Crippen LogP contribution in [0, 0.1) is 10.1 Å². The Morgan fingerprint density at radius 2 is 1.30 bits per heavy atom. The molecule has 0 aliphatic rings. The van der Waals surface area contributed by atoms with Gasteiger partial charge in [-0.05, 0) is 36.4 Å². The molecule has 3 aromatic rings. The molecule has 0 aliphatic heterocycles. The van der Waals surface area contributed by atoms with Gasteiger partial charge in [-0.2, -0.15) is 0 Å². The molecule has 0 bridgehead atoms. The maximum atomic E-state index is 12.7. The lowest BCUT2D eigenvalue weighted by atomic mass is 10.1. The fourth-order valence-corrected chi connectivity index (χ4v) is 3.51. The number of halogens is 2. The van der Waals surface area contributed by atoms with Gasteiger partial charge in [-0.3, -0.25) is 19.7 Å². The lowest BCUT2D eigenvalue weighted by molar-refractivity contribution is -0.384. The average molecular weight is 533 g/mol. The predicted molar refractivity (Wildman–Crippen MR) is 119 cm³/mol. The molecule has 9 heteroatoms. The van der Waals surface area contributed by atoms with Crippen molar-refractivity contribution in [1.82, 2.24) is 10.6 Å². The Morgan fingerprint density at radius 1 is 0.800 bits per heavy atom. The van der Waals surface area contributed by atoms with Crippen LogP contribution in [-0.4, -0.2) is 16.7 Å². The predicted octanol–water partition coefficient (Wildman–Crippen LogP) is 4.98. The minimum absolute atomic E-state index is 0.147. The number of nitrogens with one attached hydrogen (secondary N) is 2. The van der Waals surface area contributed by atoms with E-state index in [1.165, 1.54) is 18.2 Å². The third-order valence-electron chi connectivity index (χ3n) is 4.14. The second kappa shape index (κ2) is 9.64. The van der Waals surface area contributed by atoms with E-state index in [0.717, 1.165) is 8.95 Å². The first-order chi connectivity index (χ1) is 14.3. The normalized spacial score (nSPS) is 10.5. The van der Waals surface area contributed by atoms with Crippen molar-refractivity contribution in [1.29, 1.82) is 0 Å². The van der Waals surface area contributed by atoms with Gasteiger partial charge >= 0.3 is 0 Å². The Kier molecular flexibility index (Phi) is 6.96. The van der Waals surface area contributed by atoms with Crippen molar-refractivity contribution in [2.45, 2.75) is 6.17 Å². The van der Waals surface area contributed by atoms with Crippen molar-refractivity contribution in [3.8, 4) is 0 Å². The van der Waals surface area contributed by atoms with Crippen LogP contribution in [0.3, 0.4) is 0 Å². The molecular formula is C21H15Br2N3O4. The Labute approximate surface area is 188 Å². The van der Waals surface area contributed by atoms with Crippen LogP contribution >= 0.6 is 31.9 Å². The van der Waals surface area contributed by atoms with Gasteiger partial charge in [-0.25, -0.2) is 0 Å².